The van der Waals surface area contributed by atoms with Crippen LogP contribution in [0.1, 0.15) is 48.9 Å². The Morgan fingerprint density at radius 2 is 1.84 bits per heavy atom. The molecule has 0 bridgehead atoms. The molecule has 1 heterocycles. The number of allylic oxidation sites excluding steroid dienone is 9. The molecule has 1 aliphatic carbocycles. The Bertz CT molecular complexity index is 1310. The van der Waals surface area contributed by atoms with Gasteiger partial charge < -0.3 is 9.88 Å². The molecule has 204 valence electrons. The van der Waals surface area contributed by atoms with Gasteiger partial charge in [-0.2, -0.15) is 0 Å². The number of nitrogens with one attached hydrogen (secondary N) is 1. The second kappa shape index (κ2) is 12.2. The largest absolute Gasteiger partial charge is 0.337 e. The number of halogens is 4. The number of nitrogens with zero attached hydrogens (tertiary/aromatic N) is 2. The van der Waals surface area contributed by atoms with Crippen molar-refractivity contribution in [1.29, 1.82) is 0 Å². The summed E-state index contributed by atoms with van der Waals surface area (Å²) in [4.78, 5) is 16.3. The zero-order valence-electron chi connectivity index (χ0n) is 22.3. The Morgan fingerprint density at radius 3 is 2.47 bits per heavy atom. The van der Waals surface area contributed by atoms with Crippen molar-refractivity contribution in [1.82, 2.24) is 9.55 Å². The van der Waals surface area contributed by atoms with Gasteiger partial charge >= 0.3 is 0 Å². The van der Waals surface area contributed by atoms with Crippen molar-refractivity contribution < 1.29 is 23.8 Å². The van der Waals surface area contributed by atoms with Gasteiger partial charge in [0.05, 0.1) is 6.33 Å². The molecule has 1 unspecified atom stereocenters. The van der Waals surface area contributed by atoms with Gasteiger partial charge in [-0.05, 0) is 56.1 Å². The summed E-state index contributed by atoms with van der Waals surface area (Å²) >= 11 is 0. The summed E-state index contributed by atoms with van der Waals surface area (Å²) < 4.78 is 56.3. The van der Waals surface area contributed by atoms with Crippen LogP contribution in [0.5, 0.6) is 0 Å². The molecular weight excluding hydrogens is 494 g/mol. The van der Waals surface area contributed by atoms with Crippen LogP contribution in [0, 0.1) is 34.6 Å². The first-order chi connectivity index (χ1) is 17.9. The highest BCUT2D eigenvalue weighted by atomic mass is 19.2. The van der Waals surface area contributed by atoms with E-state index < -0.39 is 34.9 Å². The Morgan fingerprint density at radius 1 is 1.16 bits per heavy atom. The summed E-state index contributed by atoms with van der Waals surface area (Å²) in [5.74, 6) is -6.98. The fourth-order valence-corrected chi connectivity index (χ4v) is 4.59. The summed E-state index contributed by atoms with van der Waals surface area (Å²) in [6.45, 7) is 11.2. The summed E-state index contributed by atoms with van der Waals surface area (Å²) in [5, 5.41) is 1.86. The number of carbonyl (C=O) groups excluding carboxylic acids is 1. The Kier molecular flexibility index (Phi) is 9.31. The minimum Gasteiger partial charge on any atom is -0.337 e. The number of benzene rings is 1. The zero-order valence-corrected chi connectivity index (χ0v) is 22.3. The molecule has 0 fully saturated rings. The van der Waals surface area contributed by atoms with Crippen molar-refractivity contribution in [3.8, 4) is 0 Å². The fraction of sp³-hybridized carbons (Fsp3) is 0.333. The summed E-state index contributed by atoms with van der Waals surface area (Å²) in [7, 11) is 0. The van der Waals surface area contributed by atoms with Crippen LogP contribution in [0.4, 0.5) is 23.2 Å². The molecule has 0 saturated heterocycles. The highest BCUT2D eigenvalue weighted by Crippen LogP contribution is 2.44. The molecule has 1 aliphatic rings. The number of aromatic nitrogens is 2. The van der Waals surface area contributed by atoms with Crippen LogP contribution in [0.2, 0.25) is 0 Å². The third-order valence-electron chi connectivity index (χ3n) is 6.82. The minimum atomic E-state index is -1.66. The molecule has 3 rings (SSSR count). The van der Waals surface area contributed by atoms with Crippen LogP contribution in [-0.4, -0.2) is 15.5 Å². The Balaban J connectivity index is 0.00000533. The summed E-state index contributed by atoms with van der Waals surface area (Å²) in [6, 6.07) is 0.0836. The molecule has 1 aromatic heterocycles. The third kappa shape index (κ3) is 7.21. The van der Waals surface area contributed by atoms with Crippen molar-refractivity contribution in [3.63, 3.8) is 0 Å². The molecule has 0 spiro atoms. The number of rotatable bonds is 8. The first-order valence-corrected chi connectivity index (χ1v) is 12.4. The van der Waals surface area contributed by atoms with Gasteiger partial charge in [-0.3, -0.25) is 4.79 Å². The van der Waals surface area contributed by atoms with Gasteiger partial charge in [0.1, 0.15) is 5.69 Å². The van der Waals surface area contributed by atoms with Crippen molar-refractivity contribution >= 4 is 11.6 Å². The topological polar surface area (TPSA) is 46.9 Å². The highest BCUT2D eigenvalue weighted by molar-refractivity contribution is 6.00. The molecular formula is C30H35F4N3O. The van der Waals surface area contributed by atoms with Gasteiger partial charge in [-0.25, -0.2) is 22.5 Å². The first kappa shape index (κ1) is 28.9. The lowest BCUT2D eigenvalue weighted by Crippen LogP contribution is -2.26. The van der Waals surface area contributed by atoms with Gasteiger partial charge in [0.2, 0.25) is 5.91 Å². The number of hydrogen-bond acceptors (Lipinski definition) is 2. The molecule has 0 radical (unpaired) electrons. The van der Waals surface area contributed by atoms with E-state index in [1.54, 1.807) is 25.3 Å². The summed E-state index contributed by atoms with van der Waals surface area (Å²) in [6.07, 6.45) is 18.4. The monoisotopic (exact) mass is 529 g/mol. The maximum absolute atomic E-state index is 13.8. The predicted molar refractivity (Wildman–Crippen MR) is 144 cm³/mol. The number of amides is 1. The second-order valence-electron chi connectivity index (χ2n) is 10.3. The first-order valence-electron chi connectivity index (χ1n) is 12.4. The smallest absolute Gasteiger partial charge is 0.248 e. The molecule has 0 saturated carbocycles. The molecule has 38 heavy (non-hydrogen) atoms. The zero-order chi connectivity index (χ0) is 28.0. The van der Waals surface area contributed by atoms with Gasteiger partial charge in [0.15, 0.2) is 23.3 Å². The normalized spacial score (nSPS) is 18.6. The van der Waals surface area contributed by atoms with Crippen LogP contribution in [-0.2, 0) is 11.3 Å². The number of anilines is 1. The van der Waals surface area contributed by atoms with Crippen molar-refractivity contribution in [2.45, 2.75) is 54.0 Å². The van der Waals surface area contributed by atoms with E-state index in [0.29, 0.717) is 11.5 Å². The van der Waals surface area contributed by atoms with E-state index in [1.165, 1.54) is 11.1 Å². The Labute approximate surface area is 222 Å². The number of imidazole rings is 1. The SMILES string of the molecule is CC1=C(/C=C/C(C)=C/C=C/C(C)=C/C(=O)Nc2c(F)c(F)cc(F)c2F)C(C)(C)CCC1Cn1ccnc1.[HH]. The van der Waals surface area contributed by atoms with Crippen molar-refractivity contribution in [2.75, 3.05) is 5.32 Å². The maximum atomic E-state index is 13.8. The molecule has 0 aliphatic heterocycles. The van der Waals surface area contributed by atoms with E-state index in [0.717, 1.165) is 31.0 Å². The van der Waals surface area contributed by atoms with E-state index in [1.807, 2.05) is 30.8 Å². The molecule has 2 aromatic rings. The fourth-order valence-electron chi connectivity index (χ4n) is 4.59. The molecule has 8 heteroatoms. The van der Waals surface area contributed by atoms with Gasteiger partial charge in [0, 0.05) is 32.5 Å². The highest BCUT2D eigenvalue weighted by Gasteiger charge is 2.31. The van der Waals surface area contributed by atoms with E-state index in [-0.39, 0.29) is 12.9 Å². The molecule has 4 nitrogen and oxygen atoms in total. The van der Waals surface area contributed by atoms with Gasteiger partial charge in [-0.1, -0.05) is 55.4 Å². The average Bonchev–Trinajstić information content (AvgIpc) is 3.35. The van der Waals surface area contributed by atoms with Crippen molar-refractivity contribution in [3.05, 3.63) is 107 Å². The minimum absolute atomic E-state index is 0. The van der Waals surface area contributed by atoms with Crippen LogP contribution in [0.15, 0.2) is 83.5 Å². The van der Waals surface area contributed by atoms with Crippen LogP contribution >= 0.6 is 0 Å². The predicted octanol–water partition coefficient (Wildman–Crippen LogP) is 8.08. The van der Waals surface area contributed by atoms with E-state index in [2.05, 4.69) is 42.5 Å². The molecule has 1 aromatic carbocycles. The third-order valence-corrected chi connectivity index (χ3v) is 6.82. The van der Waals surface area contributed by atoms with Gasteiger partial charge in [0.25, 0.3) is 0 Å². The lowest BCUT2D eigenvalue weighted by Gasteiger charge is -2.37. The standard InChI is InChI=1S/C30H33F4N3O.H2/c1-19(9-10-23-21(3)22(11-12-30(23,4)5)17-37-14-13-35-18-37)7-6-8-20(2)15-26(38)36-29-27(33)24(31)16-25(32)28(29)34;/h6-10,13-16,18,22H,11-12,17H2,1-5H3,(H,36,38);1H/b8-6+,10-9+,19-7+,20-15+;. The van der Waals surface area contributed by atoms with Crippen LogP contribution in [0.25, 0.3) is 0 Å². The van der Waals surface area contributed by atoms with E-state index in [9.17, 15) is 22.4 Å². The average molecular weight is 530 g/mol. The van der Waals surface area contributed by atoms with Crippen molar-refractivity contribution in [2.24, 2.45) is 11.3 Å². The second-order valence-corrected chi connectivity index (χ2v) is 10.3. The Hall–Kier alpha value is -3.68. The summed E-state index contributed by atoms with van der Waals surface area (Å²) in [5.41, 5.74) is 3.08. The van der Waals surface area contributed by atoms with Crippen LogP contribution in [0.3, 0.4) is 0 Å². The quantitative estimate of drug-likeness (QED) is 0.163. The molecule has 1 amide bonds. The van der Waals surface area contributed by atoms with Crippen LogP contribution < -0.4 is 5.32 Å². The van der Waals surface area contributed by atoms with E-state index >= 15 is 0 Å². The van der Waals surface area contributed by atoms with E-state index in [4.69, 9.17) is 0 Å². The molecule has 1 N–H and O–H groups in total. The van der Waals surface area contributed by atoms with Gasteiger partial charge in [-0.15, -0.1) is 0 Å². The number of hydrogen-bond donors (Lipinski definition) is 1. The number of carbonyl (C=O) groups is 1. The lowest BCUT2D eigenvalue weighted by molar-refractivity contribution is -0.112. The maximum Gasteiger partial charge on any atom is 0.248 e. The molecule has 1 atom stereocenters. The lowest BCUT2D eigenvalue weighted by atomic mass is 9.68.